The largest absolute Gasteiger partial charge is 0.354 e. The minimum atomic E-state index is -0.521. The van der Waals surface area contributed by atoms with E-state index in [4.69, 9.17) is 0 Å². The summed E-state index contributed by atoms with van der Waals surface area (Å²) in [6.07, 6.45) is 3.38. The fraction of sp³-hybridized carbons (Fsp3) is 0.217. The first kappa shape index (κ1) is 35.5. The van der Waals surface area contributed by atoms with Crippen molar-refractivity contribution in [3.05, 3.63) is 145 Å². The van der Waals surface area contributed by atoms with Crippen molar-refractivity contribution in [2.45, 2.75) is 50.6 Å². The van der Waals surface area contributed by atoms with Gasteiger partial charge in [0.1, 0.15) is 12.1 Å². The van der Waals surface area contributed by atoms with E-state index in [1.165, 1.54) is 0 Å². The summed E-state index contributed by atoms with van der Waals surface area (Å²) in [5.74, 6) is -0.447. The number of H-pyrrole nitrogens is 1. The molecule has 5 aromatic carbocycles. The van der Waals surface area contributed by atoms with E-state index in [0.717, 1.165) is 57.3 Å². The summed E-state index contributed by atoms with van der Waals surface area (Å²) >= 11 is 0. The molecule has 0 radical (unpaired) electrons. The van der Waals surface area contributed by atoms with E-state index in [0.29, 0.717) is 37.3 Å². The summed E-state index contributed by atoms with van der Waals surface area (Å²) in [4.78, 5) is 60.5. The minimum absolute atomic E-state index is 0.0383. The predicted molar refractivity (Wildman–Crippen MR) is 216 cm³/mol. The third-order valence-corrected chi connectivity index (χ3v) is 10.7. The van der Waals surface area contributed by atoms with Gasteiger partial charge in [-0.1, -0.05) is 103 Å². The zero-order valence-electron chi connectivity index (χ0n) is 30.5. The lowest BCUT2D eigenvalue weighted by molar-refractivity contribution is -0.136. The quantitative estimate of drug-likeness (QED) is 0.133. The molecule has 2 saturated heterocycles. The molecule has 2 aliphatic rings. The molecule has 9 nitrogen and oxygen atoms in total. The maximum Gasteiger partial charge on any atom is 0.247 e. The number of fused-ring (bicyclic) bond motifs is 1. The predicted octanol–water partition coefficient (Wildman–Crippen LogP) is 7.85. The summed E-state index contributed by atoms with van der Waals surface area (Å²) in [5, 5.41) is 7.10. The van der Waals surface area contributed by atoms with Gasteiger partial charge >= 0.3 is 0 Å². The zero-order chi connectivity index (χ0) is 37.7. The topological polar surface area (TPSA) is 115 Å². The van der Waals surface area contributed by atoms with Crippen molar-refractivity contribution in [2.24, 2.45) is 0 Å². The Hall–Kier alpha value is -6.48. The lowest BCUT2D eigenvalue weighted by Crippen LogP contribution is -2.43. The number of benzene rings is 5. The van der Waals surface area contributed by atoms with Crippen LogP contribution in [0.25, 0.3) is 33.3 Å². The number of hydrogen-bond donors (Lipinski definition) is 3. The number of nitrogens with one attached hydrogen (secondary N) is 3. The fourth-order valence-electron chi connectivity index (χ4n) is 7.98. The van der Waals surface area contributed by atoms with Crippen LogP contribution in [-0.2, 0) is 32.0 Å². The molecule has 0 bridgehead atoms. The van der Waals surface area contributed by atoms with E-state index < -0.39 is 12.1 Å². The lowest BCUT2D eigenvalue weighted by atomic mass is 9.98. The standard InChI is InChI=1S/C46H43N5O4/c52-41(28-31-12-4-1-5-13-31)50-26-10-18-39(50)45(54)47-35-22-20-34(21-23-35)44-43(33-16-8-3-9-17-33)37-30-36(24-25-38(37)49-44)48-46(55)40-19-11-27-51(40)42(53)29-32-14-6-2-7-15-32/h1-9,12-17,20-25,30,39-40,49H,10-11,18-19,26-29H2,(H,47,54)(H,48,55)/t39-,40-/m0/s1. The van der Waals surface area contributed by atoms with Crippen LogP contribution >= 0.6 is 0 Å². The number of anilines is 2. The Labute approximate surface area is 320 Å². The number of hydrogen-bond acceptors (Lipinski definition) is 4. The van der Waals surface area contributed by atoms with E-state index in [2.05, 4.69) is 27.8 Å². The van der Waals surface area contributed by atoms with Gasteiger partial charge in [0.15, 0.2) is 0 Å². The van der Waals surface area contributed by atoms with Crippen LogP contribution in [0.2, 0.25) is 0 Å². The number of carbonyl (C=O) groups is 4. The highest BCUT2D eigenvalue weighted by molar-refractivity contribution is 6.07. The van der Waals surface area contributed by atoms with Gasteiger partial charge in [-0.3, -0.25) is 19.2 Å². The Balaban J connectivity index is 0.998. The van der Waals surface area contributed by atoms with Gasteiger partial charge in [-0.2, -0.15) is 0 Å². The smallest absolute Gasteiger partial charge is 0.247 e. The van der Waals surface area contributed by atoms with Gasteiger partial charge in [-0.05, 0) is 78.3 Å². The van der Waals surface area contributed by atoms with Crippen molar-refractivity contribution in [3.8, 4) is 22.4 Å². The van der Waals surface area contributed by atoms with E-state index in [9.17, 15) is 19.2 Å². The van der Waals surface area contributed by atoms with Crippen molar-refractivity contribution in [3.63, 3.8) is 0 Å². The monoisotopic (exact) mass is 729 g/mol. The highest BCUT2D eigenvalue weighted by Crippen LogP contribution is 2.40. The second kappa shape index (κ2) is 15.9. The molecule has 0 saturated carbocycles. The van der Waals surface area contributed by atoms with Crippen LogP contribution in [0.5, 0.6) is 0 Å². The average molecular weight is 730 g/mol. The normalized spacial score (nSPS) is 16.7. The molecule has 1 aromatic heterocycles. The van der Waals surface area contributed by atoms with Crippen LogP contribution in [0.3, 0.4) is 0 Å². The van der Waals surface area contributed by atoms with E-state index in [1.54, 1.807) is 9.80 Å². The van der Waals surface area contributed by atoms with E-state index in [1.807, 2.05) is 121 Å². The van der Waals surface area contributed by atoms with Crippen molar-refractivity contribution >= 4 is 45.9 Å². The summed E-state index contributed by atoms with van der Waals surface area (Å²) in [7, 11) is 0. The number of aromatic amines is 1. The van der Waals surface area contributed by atoms with Gasteiger partial charge in [0.25, 0.3) is 0 Å². The molecule has 6 aromatic rings. The highest BCUT2D eigenvalue weighted by Gasteiger charge is 2.35. The Morgan fingerprint density at radius 3 is 1.60 bits per heavy atom. The minimum Gasteiger partial charge on any atom is -0.354 e. The Kier molecular flexibility index (Phi) is 10.3. The molecule has 2 aliphatic heterocycles. The molecule has 8 rings (SSSR count). The van der Waals surface area contributed by atoms with Crippen LogP contribution in [0, 0.1) is 0 Å². The first-order valence-corrected chi connectivity index (χ1v) is 19.0. The second-order valence-electron chi connectivity index (χ2n) is 14.4. The molecule has 3 N–H and O–H groups in total. The molecule has 55 heavy (non-hydrogen) atoms. The maximum atomic E-state index is 13.7. The third-order valence-electron chi connectivity index (χ3n) is 10.7. The van der Waals surface area contributed by atoms with Gasteiger partial charge in [-0.15, -0.1) is 0 Å². The number of rotatable bonds is 10. The van der Waals surface area contributed by atoms with Crippen LogP contribution in [0.4, 0.5) is 11.4 Å². The van der Waals surface area contributed by atoms with Gasteiger partial charge in [0, 0.05) is 40.9 Å². The van der Waals surface area contributed by atoms with Crippen LogP contribution < -0.4 is 10.6 Å². The molecule has 276 valence electrons. The maximum absolute atomic E-state index is 13.7. The van der Waals surface area contributed by atoms with Crippen molar-refractivity contribution in [1.29, 1.82) is 0 Å². The SMILES string of the molecule is O=C(Nc1ccc(-c2[nH]c3ccc(NC(=O)[C@@H]4CCCN4C(=O)Cc4ccccc4)cc3c2-c2ccccc2)cc1)[C@@H]1CCCN1C(=O)Cc1ccccc1. The second-order valence-corrected chi connectivity index (χ2v) is 14.4. The molecular weight excluding hydrogens is 687 g/mol. The van der Waals surface area contributed by atoms with E-state index >= 15 is 0 Å². The van der Waals surface area contributed by atoms with Gasteiger partial charge in [-0.25, -0.2) is 0 Å². The van der Waals surface area contributed by atoms with Crippen molar-refractivity contribution in [1.82, 2.24) is 14.8 Å². The third kappa shape index (κ3) is 7.78. The van der Waals surface area contributed by atoms with Gasteiger partial charge in [0.2, 0.25) is 23.6 Å². The fourth-order valence-corrected chi connectivity index (χ4v) is 7.98. The summed E-state index contributed by atoms with van der Waals surface area (Å²) in [6, 6.07) is 41.9. The summed E-state index contributed by atoms with van der Waals surface area (Å²) < 4.78 is 0. The molecule has 3 heterocycles. The molecule has 4 amide bonds. The molecule has 2 fully saturated rings. The Morgan fingerprint density at radius 1 is 0.564 bits per heavy atom. The Morgan fingerprint density at radius 2 is 1.05 bits per heavy atom. The molecule has 0 unspecified atom stereocenters. The molecule has 0 spiro atoms. The summed E-state index contributed by atoms with van der Waals surface area (Å²) in [5.41, 5.74) is 7.93. The van der Waals surface area contributed by atoms with Crippen molar-refractivity contribution in [2.75, 3.05) is 23.7 Å². The average Bonchev–Trinajstić information content (AvgIpc) is 3.99. The lowest BCUT2D eigenvalue weighted by Gasteiger charge is -2.24. The first-order chi connectivity index (χ1) is 26.9. The zero-order valence-corrected chi connectivity index (χ0v) is 30.5. The van der Waals surface area contributed by atoms with Crippen LogP contribution in [0.15, 0.2) is 133 Å². The summed E-state index contributed by atoms with van der Waals surface area (Å²) in [6.45, 7) is 1.14. The van der Waals surface area contributed by atoms with Crippen molar-refractivity contribution < 1.29 is 19.2 Å². The number of likely N-dealkylation sites (tertiary alicyclic amines) is 2. The van der Waals surface area contributed by atoms with E-state index in [-0.39, 0.29) is 36.5 Å². The van der Waals surface area contributed by atoms with Crippen LogP contribution in [-0.4, -0.2) is 63.6 Å². The molecule has 0 aliphatic carbocycles. The number of carbonyl (C=O) groups excluding carboxylic acids is 4. The number of aromatic nitrogens is 1. The Bertz CT molecular complexity index is 2320. The number of nitrogens with zero attached hydrogens (tertiary/aromatic N) is 2. The first-order valence-electron chi connectivity index (χ1n) is 19.0. The number of amides is 4. The highest BCUT2D eigenvalue weighted by atomic mass is 16.2. The van der Waals surface area contributed by atoms with Crippen LogP contribution in [0.1, 0.15) is 36.8 Å². The van der Waals surface area contributed by atoms with Gasteiger partial charge in [0.05, 0.1) is 18.5 Å². The molecule has 9 heteroatoms. The molecular formula is C46H43N5O4. The van der Waals surface area contributed by atoms with Gasteiger partial charge < -0.3 is 25.4 Å². The molecule has 2 atom stereocenters.